The number of phenols is 1. The molecule has 0 saturated heterocycles. The topological polar surface area (TPSA) is 59.4 Å². The molecule has 0 bridgehead atoms. The van der Waals surface area contributed by atoms with Crippen molar-refractivity contribution in [3.05, 3.63) is 59.1 Å². The maximum absolute atomic E-state index is 12.2. The van der Waals surface area contributed by atoms with E-state index in [2.05, 4.69) is 4.98 Å². The van der Waals surface area contributed by atoms with Crippen molar-refractivity contribution in [2.24, 2.45) is 0 Å². The molecule has 2 aromatic rings. The van der Waals surface area contributed by atoms with Gasteiger partial charge in [-0.3, -0.25) is 9.78 Å². The fourth-order valence-corrected chi connectivity index (χ4v) is 2.02. The highest BCUT2D eigenvalue weighted by molar-refractivity contribution is 6.16. The van der Waals surface area contributed by atoms with Gasteiger partial charge in [0.1, 0.15) is 17.1 Å². The largest absolute Gasteiger partial charge is 0.507 e. The summed E-state index contributed by atoms with van der Waals surface area (Å²) in [5.74, 6) is 0.196. The van der Waals surface area contributed by atoms with Gasteiger partial charge in [0.2, 0.25) is 5.78 Å². The number of Topliss-reactive ketones (excluding diaryl/α,β-unsaturated/α-hetero) is 1. The van der Waals surface area contributed by atoms with Crippen molar-refractivity contribution in [2.75, 3.05) is 0 Å². The number of pyridine rings is 1. The molecule has 1 aliphatic heterocycles. The molecule has 3 rings (SSSR count). The van der Waals surface area contributed by atoms with Crippen molar-refractivity contribution in [3.8, 4) is 11.5 Å². The Morgan fingerprint density at radius 2 is 2.16 bits per heavy atom. The number of rotatable bonds is 1. The lowest BCUT2D eigenvalue weighted by Crippen LogP contribution is -1.98. The third-order valence-electron chi connectivity index (χ3n) is 2.86. The molecule has 1 aliphatic rings. The van der Waals surface area contributed by atoms with E-state index in [1.54, 1.807) is 36.5 Å². The molecule has 19 heavy (non-hydrogen) atoms. The van der Waals surface area contributed by atoms with Crippen LogP contribution in [-0.4, -0.2) is 15.9 Å². The summed E-state index contributed by atoms with van der Waals surface area (Å²) in [5.41, 5.74) is 1.69. The Bertz CT molecular complexity index is 690. The van der Waals surface area contributed by atoms with Crippen molar-refractivity contribution in [1.82, 2.24) is 4.98 Å². The predicted octanol–water partition coefficient (Wildman–Crippen LogP) is 2.71. The van der Waals surface area contributed by atoms with Gasteiger partial charge in [0.15, 0.2) is 5.76 Å². The molecule has 4 nitrogen and oxygen atoms in total. The van der Waals surface area contributed by atoms with Gasteiger partial charge >= 0.3 is 0 Å². The SMILES string of the molecule is Cc1cc(O)c2c(c1)O/C(=C\c1ccccn1)C2=O. The van der Waals surface area contributed by atoms with Crippen molar-refractivity contribution in [2.45, 2.75) is 6.92 Å². The predicted molar refractivity (Wildman–Crippen MR) is 70.0 cm³/mol. The minimum atomic E-state index is -0.321. The lowest BCUT2D eigenvalue weighted by atomic mass is 10.1. The first-order chi connectivity index (χ1) is 9.15. The van der Waals surface area contributed by atoms with Gasteiger partial charge in [-0.1, -0.05) is 6.07 Å². The van der Waals surface area contributed by atoms with E-state index in [-0.39, 0.29) is 22.9 Å². The van der Waals surface area contributed by atoms with E-state index in [4.69, 9.17) is 4.74 Å². The Balaban J connectivity index is 2.05. The molecule has 1 aromatic carbocycles. The highest BCUT2D eigenvalue weighted by atomic mass is 16.5. The van der Waals surface area contributed by atoms with E-state index in [1.165, 1.54) is 0 Å². The number of phenolic OH excluding ortho intramolecular Hbond substituents is 1. The summed E-state index contributed by atoms with van der Waals surface area (Å²) in [5, 5.41) is 9.82. The van der Waals surface area contributed by atoms with E-state index >= 15 is 0 Å². The first-order valence-electron chi connectivity index (χ1n) is 5.84. The van der Waals surface area contributed by atoms with Crippen LogP contribution < -0.4 is 4.74 Å². The van der Waals surface area contributed by atoms with Crippen molar-refractivity contribution in [1.29, 1.82) is 0 Å². The number of hydrogen-bond donors (Lipinski definition) is 1. The zero-order chi connectivity index (χ0) is 13.4. The van der Waals surface area contributed by atoms with Gasteiger partial charge in [-0.15, -0.1) is 0 Å². The number of aromatic nitrogens is 1. The Morgan fingerprint density at radius 1 is 1.32 bits per heavy atom. The molecule has 2 heterocycles. The van der Waals surface area contributed by atoms with Crippen LogP contribution in [0.15, 0.2) is 42.3 Å². The first-order valence-corrected chi connectivity index (χ1v) is 5.84. The van der Waals surface area contributed by atoms with Crippen LogP contribution in [0.2, 0.25) is 0 Å². The van der Waals surface area contributed by atoms with Gasteiger partial charge in [0.05, 0.1) is 5.69 Å². The molecule has 0 atom stereocenters. The average Bonchev–Trinajstić information content (AvgIpc) is 2.67. The third-order valence-corrected chi connectivity index (χ3v) is 2.86. The van der Waals surface area contributed by atoms with Crippen molar-refractivity contribution >= 4 is 11.9 Å². The Kier molecular flexibility index (Phi) is 2.56. The zero-order valence-corrected chi connectivity index (χ0v) is 10.3. The van der Waals surface area contributed by atoms with Crippen LogP contribution in [0, 0.1) is 6.92 Å². The average molecular weight is 253 g/mol. The summed E-state index contributed by atoms with van der Waals surface area (Å²) in [6.07, 6.45) is 3.21. The minimum absolute atomic E-state index is 0.0515. The Labute approximate surface area is 110 Å². The lowest BCUT2D eigenvalue weighted by molar-refractivity contribution is 0.101. The van der Waals surface area contributed by atoms with E-state index in [0.717, 1.165) is 5.56 Å². The van der Waals surface area contributed by atoms with Crippen molar-refractivity contribution in [3.63, 3.8) is 0 Å². The molecule has 0 aliphatic carbocycles. The molecule has 0 saturated carbocycles. The number of nitrogens with zero attached hydrogens (tertiary/aromatic N) is 1. The molecule has 0 unspecified atom stereocenters. The number of carbonyl (C=O) groups excluding carboxylic acids is 1. The van der Waals surface area contributed by atoms with Crippen LogP contribution in [0.4, 0.5) is 0 Å². The number of fused-ring (bicyclic) bond motifs is 1. The number of aryl methyl sites for hydroxylation is 1. The number of hydrogen-bond acceptors (Lipinski definition) is 4. The molecule has 0 fully saturated rings. The summed E-state index contributed by atoms with van der Waals surface area (Å²) in [6.45, 7) is 1.83. The van der Waals surface area contributed by atoms with E-state index in [1.807, 2.05) is 13.0 Å². The standard InChI is InChI=1S/C15H11NO3/c1-9-6-11(17)14-12(7-9)19-13(15(14)18)8-10-4-2-3-5-16-10/h2-8,17H,1H3/b13-8-. The number of benzene rings is 1. The van der Waals surface area contributed by atoms with Crippen LogP contribution >= 0.6 is 0 Å². The second-order valence-corrected chi connectivity index (χ2v) is 4.35. The number of ketones is 1. The van der Waals surface area contributed by atoms with E-state index in [0.29, 0.717) is 11.4 Å². The van der Waals surface area contributed by atoms with Crippen LogP contribution in [0.3, 0.4) is 0 Å². The van der Waals surface area contributed by atoms with Gasteiger partial charge < -0.3 is 9.84 Å². The van der Waals surface area contributed by atoms with Crippen LogP contribution in [-0.2, 0) is 0 Å². The summed E-state index contributed by atoms with van der Waals surface area (Å²) >= 11 is 0. The number of allylic oxidation sites excluding steroid dienone is 1. The molecule has 0 radical (unpaired) electrons. The van der Waals surface area contributed by atoms with Gasteiger partial charge in [-0.25, -0.2) is 0 Å². The Morgan fingerprint density at radius 3 is 2.89 bits per heavy atom. The minimum Gasteiger partial charge on any atom is -0.507 e. The molecule has 0 amide bonds. The molecule has 4 heteroatoms. The number of ether oxygens (including phenoxy) is 1. The summed E-state index contributed by atoms with van der Waals surface area (Å²) in [6, 6.07) is 8.67. The van der Waals surface area contributed by atoms with Crippen molar-refractivity contribution < 1.29 is 14.6 Å². The number of aromatic hydroxyl groups is 1. The first kappa shape index (κ1) is 11.5. The summed E-state index contributed by atoms with van der Waals surface area (Å²) < 4.78 is 5.50. The fraction of sp³-hybridized carbons (Fsp3) is 0.0667. The second kappa shape index (κ2) is 4.24. The summed E-state index contributed by atoms with van der Waals surface area (Å²) in [4.78, 5) is 16.3. The normalized spacial score (nSPS) is 15.4. The molecular formula is C15H11NO3. The maximum atomic E-state index is 12.2. The summed E-state index contributed by atoms with van der Waals surface area (Å²) in [7, 11) is 0. The maximum Gasteiger partial charge on any atom is 0.235 e. The van der Waals surface area contributed by atoms with E-state index < -0.39 is 0 Å². The molecule has 94 valence electrons. The van der Waals surface area contributed by atoms with Crippen LogP contribution in [0.5, 0.6) is 11.5 Å². The highest BCUT2D eigenvalue weighted by Gasteiger charge is 2.30. The fourth-order valence-electron chi connectivity index (χ4n) is 2.02. The van der Waals surface area contributed by atoms with Crippen LogP contribution in [0.1, 0.15) is 21.6 Å². The lowest BCUT2D eigenvalue weighted by Gasteiger charge is -2.00. The van der Waals surface area contributed by atoms with Gasteiger partial charge in [0.25, 0.3) is 0 Å². The van der Waals surface area contributed by atoms with E-state index in [9.17, 15) is 9.90 Å². The highest BCUT2D eigenvalue weighted by Crippen LogP contribution is 2.38. The monoisotopic (exact) mass is 253 g/mol. The van der Waals surface area contributed by atoms with Crippen LogP contribution in [0.25, 0.3) is 6.08 Å². The molecule has 1 aromatic heterocycles. The van der Waals surface area contributed by atoms with Gasteiger partial charge in [0, 0.05) is 12.3 Å². The Hall–Kier alpha value is -2.62. The number of carbonyl (C=O) groups is 1. The third kappa shape index (κ3) is 1.97. The molecule has 1 N–H and O–H groups in total. The molecule has 0 spiro atoms. The van der Waals surface area contributed by atoms with Gasteiger partial charge in [-0.05, 0) is 36.8 Å². The quantitative estimate of drug-likeness (QED) is 0.794. The zero-order valence-electron chi connectivity index (χ0n) is 10.3. The molecular weight excluding hydrogens is 242 g/mol. The van der Waals surface area contributed by atoms with Gasteiger partial charge in [-0.2, -0.15) is 0 Å². The second-order valence-electron chi connectivity index (χ2n) is 4.35. The smallest absolute Gasteiger partial charge is 0.235 e.